The SMILES string of the molecule is [CH-]=CCCCC.[CH]1[CH][CH][CH][CH]1.[CH]1[CH][CH][CH][CH]1.[Zr]. The summed E-state index contributed by atoms with van der Waals surface area (Å²) in [7, 11) is 0. The summed E-state index contributed by atoms with van der Waals surface area (Å²) in [6.07, 6.45) is 25.3. The molecule has 10 radical (unpaired) electrons. The summed E-state index contributed by atoms with van der Waals surface area (Å²) in [5, 5.41) is 0. The largest absolute Gasteiger partial charge is 0.518 e. The summed E-state index contributed by atoms with van der Waals surface area (Å²) < 4.78 is 0. The van der Waals surface area contributed by atoms with Crippen LogP contribution in [-0.4, -0.2) is 0 Å². The van der Waals surface area contributed by atoms with Crippen LogP contribution in [0.3, 0.4) is 0 Å². The van der Waals surface area contributed by atoms with Gasteiger partial charge in [-0.05, 0) is 64.2 Å². The Hall–Kier alpha value is 0.623. The molecular formula is C16H21Zr-. The van der Waals surface area contributed by atoms with Crippen LogP contribution in [0.1, 0.15) is 26.2 Å². The van der Waals surface area contributed by atoms with E-state index in [1.165, 1.54) is 12.8 Å². The van der Waals surface area contributed by atoms with Crippen LogP contribution in [0, 0.1) is 70.8 Å². The van der Waals surface area contributed by atoms with Crippen LogP contribution >= 0.6 is 0 Å². The summed E-state index contributed by atoms with van der Waals surface area (Å²) in [6.45, 7) is 7.25. The molecule has 0 heterocycles. The Morgan fingerprint density at radius 1 is 0.765 bits per heavy atom. The molecule has 0 bridgehead atoms. The van der Waals surface area contributed by atoms with E-state index in [-0.39, 0.29) is 26.2 Å². The molecule has 2 aliphatic carbocycles. The standard InChI is InChI=1S/C6H11.2C5H5.Zr/c1-3-5-6-4-2;2*1-2-4-5-3-1;/h1,3H,4-6H2,2H3;2*1-5H;/q-1;;;. The summed E-state index contributed by atoms with van der Waals surface area (Å²) in [5.41, 5.74) is 0. The topological polar surface area (TPSA) is 0 Å². The molecule has 0 atom stereocenters. The maximum absolute atomic E-state index is 5.09. The van der Waals surface area contributed by atoms with Crippen LogP contribution < -0.4 is 0 Å². The van der Waals surface area contributed by atoms with Crippen molar-refractivity contribution in [1.29, 1.82) is 0 Å². The van der Waals surface area contributed by atoms with Crippen molar-refractivity contribution in [3.8, 4) is 0 Å². The fraction of sp³-hybridized carbons (Fsp3) is 0.250. The van der Waals surface area contributed by atoms with Gasteiger partial charge in [0.1, 0.15) is 0 Å². The predicted molar refractivity (Wildman–Crippen MR) is 71.4 cm³/mol. The minimum Gasteiger partial charge on any atom is -0.518 e. The molecule has 0 aliphatic heterocycles. The normalized spacial score (nSPS) is 17.0. The van der Waals surface area contributed by atoms with E-state index in [2.05, 4.69) is 6.92 Å². The molecule has 1 heteroatoms. The Labute approximate surface area is 129 Å². The first kappa shape index (κ1) is 20.0. The third kappa shape index (κ3) is 19.2. The van der Waals surface area contributed by atoms with E-state index in [1.54, 1.807) is 6.08 Å². The summed E-state index contributed by atoms with van der Waals surface area (Å²) in [4.78, 5) is 0. The van der Waals surface area contributed by atoms with Gasteiger partial charge < -0.3 is 6.58 Å². The molecular weight excluding hydrogens is 283 g/mol. The molecule has 0 N–H and O–H groups in total. The molecule has 17 heavy (non-hydrogen) atoms. The molecule has 2 rings (SSSR count). The molecule has 0 saturated heterocycles. The van der Waals surface area contributed by atoms with E-state index in [0.717, 1.165) is 6.42 Å². The van der Waals surface area contributed by atoms with Gasteiger partial charge in [-0.15, -0.1) is 0 Å². The van der Waals surface area contributed by atoms with Gasteiger partial charge in [0.15, 0.2) is 0 Å². The van der Waals surface area contributed by atoms with Crippen molar-refractivity contribution in [3.05, 3.63) is 76.9 Å². The fourth-order valence-electron chi connectivity index (χ4n) is 0.963. The zero-order valence-electron chi connectivity index (χ0n) is 10.5. The van der Waals surface area contributed by atoms with Crippen molar-refractivity contribution >= 4 is 0 Å². The molecule has 2 fully saturated rings. The number of rotatable bonds is 3. The van der Waals surface area contributed by atoms with Gasteiger partial charge in [0.2, 0.25) is 0 Å². The van der Waals surface area contributed by atoms with Crippen molar-refractivity contribution in [3.63, 3.8) is 0 Å². The van der Waals surface area contributed by atoms with Crippen LogP contribution in [-0.2, 0) is 26.2 Å². The Balaban J connectivity index is 0. The molecule has 2 saturated carbocycles. The van der Waals surface area contributed by atoms with Gasteiger partial charge in [0, 0.05) is 26.2 Å². The van der Waals surface area contributed by atoms with Gasteiger partial charge in [0.25, 0.3) is 0 Å². The van der Waals surface area contributed by atoms with E-state index >= 15 is 0 Å². The second kappa shape index (κ2) is 19.0. The summed E-state index contributed by atoms with van der Waals surface area (Å²) in [5.74, 6) is 0. The van der Waals surface area contributed by atoms with Crippen molar-refractivity contribution < 1.29 is 26.2 Å². The fourth-order valence-corrected chi connectivity index (χ4v) is 0.963. The molecule has 0 spiro atoms. The second-order valence-electron chi connectivity index (χ2n) is 3.30. The van der Waals surface area contributed by atoms with Gasteiger partial charge in [-0.3, -0.25) is 6.08 Å². The number of unbranched alkanes of at least 4 members (excludes halogenated alkanes) is 2. The van der Waals surface area contributed by atoms with Gasteiger partial charge in [-0.1, -0.05) is 26.2 Å². The molecule has 0 unspecified atom stereocenters. The predicted octanol–water partition coefficient (Wildman–Crippen LogP) is 4.21. The molecule has 0 amide bonds. The van der Waals surface area contributed by atoms with E-state index in [9.17, 15) is 0 Å². The number of hydrogen-bond acceptors (Lipinski definition) is 0. The monoisotopic (exact) mass is 303 g/mol. The molecule has 2 aliphatic rings. The van der Waals surface area contributed by atoms with E-state index in [4.69, 9.17) is 6.58 Å². The van der Waals surface area contributed by atoms with Gasteiger partial charge >= 0.3 is 0 Å². The average molecular weight is 305 g/mol. The third-order valence-electron chi connectivity index (χ3n) is 1.84. The smallest absolute Gasteiger partial charge is 0 e. The number of allylic oxidation sites excluding steroid dienone is 1. The second-order valence-corrected chi connectivity index (χ2v) is 3.30. The van der Waals surface area contributed by atoms with Crippen molar-refractivity contribution in [1.82, 2.24) is 0 Å². The molecule has 0 aromatic heterocycles. The summed E-state index contributed by atoms with van der Waals surface area (Å²) in [6, 6.07) is 0. The maximum atomic E-state index is 5.09. The van der Waals surface area contributed by atoms with E-state index < -0.39 is 0 Å². The molecule has 0 nitrogen and oxygen atoms in total. The van der Waals surface area contributed by atoms with Crippen molar-refractivity contribution in [2.45, 2.75) is 26.2 Å². The maximum Gasteiger partial charge on any atom is 0 e. The van der Waals surface area contributed by atoms with E-state index in [0.29, 0.717) is 0 Å². The molecule has 90 valence electrons. The zero-order valence-corrected chi connectivity index (χ0v) is 13.0. The zero-order chi connectivity index (χ0) is 11.9. The Kier molecular flexibility index (Phi) is 22.3. The third-order valence-corrected chi connectivity index (χ3v) is 1.84. The van der Waals surface area contributed by atoms with E-state index in [1.807, 2.05) is 64.2 Å². The first-order valence-corrected chi connectivity index (χ1v) is 5.78. The number of hydrogen-bond donors (Lipinski definition) is 0. The van der Waals surface area contributed by atoms with Crippen molar-refractivity contribution in [2.24, 2.45) is 0 Å². The summed E-state index contributed by atoms with van der Waals surface area (Å²) >= 11 is 0. The Morgan fingerprint density at radius 3 is 1.18 bits per heavy atom. The van der Waals surface area contributed by atoms with Crippen molar-refractivity contribution in [2.75, 3.05) is 0 Å². The quantitative estimate of drug-likeness (QED) is 0.541. The average Bonchev–Trinajstić information content (AvgIpc) is 3.00. The Bertz CT molecular complexity index is 98.3. The molecule has 0 aromatic rings. The van der Waals surface area contributed by atoms with Crippen LogP contribution in [0.5, 0.6) is 0 Å². The van der Waals surface area contributed by atoms with Crippen LogP contribution in [0.4, 0.5) is 0 Å². The van der Waals surface area contributed by atoms with Gasteiger partial charge in [-0.25, -0.2) is 0 Å². The van der Waals surface area contributed by atoms with Crippen LogP contribution in [0.15, 0.2) is 6.08 Å². The minimum atomic E-state index is 0. The van der Waals surface area contributed by atoms with Crippen LogP contribution in [0.25, 0.3) is 0 Å². The molecule has 0 aromatic carbocycles. The van der Waals surface area contributed by atoms with Crippen LogP contribution in [0.2, 0.25) is 0 Å². The first-order valence-electron chi connectivity index (χ1n) is 5.78. The van der Waals surface area contributed by atoms with Gasteiger partial charge in [0.05, 0.1) is 0 Å². The van der Waals surface area contributed by atoms with Gasteiger partial charge in [-0.2, -0.15) is 0 Å². The minimum absolute atomic E-state index is 0. The first-order chi connectivity index (χ1) is 7.91. The Morgan fingerprint density at radius 2 is 1.06 bits per heavy atom.